The smallest absolute Gasteiger partial charge is 0.335 e. The highest BCUT2D eigenvalue weighted by atomic mass is 35.5. The Morgan fingerprint density at radius 3 is 2.18 bits per heavy atom. The number of hydrogen-bond acceptors (Lipinski definition) is 4. The van der Waals surface area contributed by atoms with Gasteiger partial charge in [-0.05, 0) is 72.0 Å². The minimum atomic E-state index is -1.20. The van der Waals surface area contributed by atoms with E-state index in [0.717, 1.165) is 11.1 Å². The average molecular weight is 672 g/mol. The third-order valence-electron chi connectivity index (χ3n) is 8.54. The third-order valence-corrected chi connectivity index (χ3v) is 10.8. The second-order valence-corrected chi connectivity index (χ2v) is 15.6. The van der Waals surface area contributed by atoms with E-state index in [2.05, 4.69) is 5.32 Å². The predicted molar refractivity (Wildman–Crippen MR) is 181 cm³/mol. The zero-order chi connectivity index (χ0) is 33.1. The Kier molecular flexibility index (Phi) is 11.2. The number of hydrogen-bond donors (Lipinski definition) is 2. The van der Waals surface area contributed by atoms with Crippen LogP contribution in [0.25, 0.3) is 0 Å². The number of aromatic carboxylic acids is 1. The van der Waals surface area contributed by atoms with E-state index in [-0.39, 0.29) is 46.9 Å². The van der Waals surface area contributed by atoms with Crippen molar-refractivity contribution in [3.63, 3.8) is 0 Å². The summed E-state index contributed by atoms with van der Waals surface area (Å²) < 4.78 is 13.3. The van der Waals surface area contributed by atoms with Crippen molar-refractivity contribution >= 4 is 57.5 Å². The molecule has 1 saturated heterocycles. The number of carbonyl (C=O) groups is 3. The molecule has 240 valence electrons. The number of halogens is 2. The van der Waals surface area contributed by atoms with Gasteiger partial charge in [-0.15, -0.1) is 0 Å². The molecule has 0 spiro atoms. The van der Waals surface area contributed by atoms with Crippen LogP contribution >= 0.6 is 23.2 Å². The fraction of sp³-hybridized carbons (Fsp3) is 0.400. The van der Waals surface area contributed by atoms with Gasteiger partial charge in [0.05, 0.1) is 17.0 Å². The average Bonchev–Trinajstić information content (AvgIpc) is 2.97. The van der Waals surface area contributed by atoms with Gasteiger partial charge in [0.1, 0.15) is 0 Å². The second-order valence-electron chi connectivity index (χ2n) is 12.7. The van der Waals surface area contributed by atoms with Crippen LogP contribution in [0.1, 0.15) is 80.9 Å². The standard InChI is InChI=1S/C35H40Cl2N2O5S/c1-21(2)30(20-45(44)22(3)4)39-32(23-9-13-26(36)14-10-23)29(25-7-6-8-27(37)17-25)18-35(5,34(39)43)19-31(40)38-28-15-11-24(12-16-28)33(41)42/h6-17,21-22,29-30,32H,18-20H2,1-5H3,(H,38,40)(H,41,42)/t29-,30-,32-,35-,45?/m1/s1. The maximum atomic E-state index is 14.9. The molecule has 0 aliphatic carbocycles. The lowest BCUT2D eigenvalue weighted by Crippen LogP contribution is -2.58. The zero-order valence-corrected chi connectivity index (χ0v) is 28.5. The van der Waals surface area contributed by atoms with Crippen molar-refractivity contribution < 1.29 is 23.7 Å². The third kappa shape index (κ3) is 8.15. The topological polar surface area (TPSA) is 104 Å². The summed E-state index contributed by atoms with van der Waals surface area (Å²) in [6.45, 7) is 9.70. The molecule has 7 nitrogen and oxygen atoms in total. The van der Waals surface area contributed by atoms with Crippen LogP contribution in [0.4, 0.5) is 5.69 Å². The molecule has 1 aliphatic rings. The molecular weight excluding hydrogens is 631 g/mol. The summed E-state index contributed by atoms with van der Waals surface area (Å²) in [7, 11) is -1.20. The Hall–Kier alpha value is -3.20. The number of nitrogens with zero attached hydrogens (tertiary/aromatic N) is 1. The predicted octanol–water partition coefficient (Wildman–Crippen LogP) is 7.97. The minimum Gasteiger partial charge on any atom is -0.478 e. The molecule has 5 atom stereocenters. The van der Waals surface area contributed by atoms with Gasteiger partial charge in [0.2, 0.25) is 11.8 Å². The fourth-order valence-corrected chi connectivity index (χ4v) is 7.71. The van der Waals surface area contributed by atoms with E-state index in [1.54, 1.807) is 6.07 Å². The van der Waals surface area contributed by atoms with Crippen molar-refractivity contribution in [2.24, 2.45) is 11.3 Å². The number of anilines is 1. The maximum absolute atomic E-state index is 14.9. The Bertz CT molecular complexity index is 1560. The molecule has 2 N–H and O–H groups in total. The Balaban J connectivity index is 1.82. The lowest BCUT2D eigenvalue weighted by Gasteiger charge is -2.53. The van der Waals surface area contributed by atoms with Crippen LogP contribution in [0.15, 0.2) is 72.8 Å². The second kappa shape index (κ2) is 14.5. The summed E-state index contributed by atoms with van der Waals surface area (Å²) in [5, 5.41) is 13.1. The molecule has 45 heavy (non-hydrogen) atoms. The first-order valence-corrected chi connectivity index (χ1v) is 17.2. The minimum absolute atomic E-state index is 0.0320. The zero-order valence-electron chi connectivity index (χ0n) is 26.1. The number of likely N-dealkylation sites (tertiary alicyclic amines) is 1. The van der Waals surface area contributed by atoms with Gasteiger partial charge < -0.3 is 15.3 Å². The molecular formula is C35H40Cl2N2O5S. The van der Waals surface area contributed by atoms with Crippen molar-refractivity contribution in [2.45, 2.75) is 70.7 Å². The number of benzene rings is 3. The first-order valence-electron chi connectivity index (χ1n) is 15.0. The van der Waals surface area contributed by atoms with Crippen LogP contribution in [0.2, 0.25) is 10.0 Å². The number of carboxylic acid groups (broad SMARTS) is 1. The summed E-state index contributed by atoms with van der Waals surface area (Å²) in [4.78, 5) is 41.6. The number of piperidine rings is 1. The van der Waals surface area contributed by atoms with Gasteiger partial charge in [-0.2, -0.15) is 0 Å². The maximum Gasteiger partial charge on any atom is 0.335 e. The van der Waals surface area contributed by atoms with Gasteiger partial charge >= 0.3 is 5.97 Å². The number of nitrogens with one attached hydrogen (secondary N) is 1. The van der Waals surface area contributed by atoms with E-state index in [1.807, 2.05) is 82.0 Å². The van der Waals surface area contributed by atoms with E-state index >= 15 is 0 Å². The van der Waals surface area contributed by atoms with Crippen molar-refractivity contribution in [3.05, 3.63) is 99.5 Å². The fourth-order valence-electron chi connectivity index (χ4n) is 6.12. The normalized spacial score (nSPS) is 21.5. The number of rotatable bonds is 11. The molecule has 1 unspecified atom stereocenters. The lowest BCUT2D eigenvalue weighted by atomic mass is 9.66. The van der Waals surface area contributed by atoms with E-state index in [1.165, 1.54) is 24.3 Å². The van der Waals surface area contributed by atoms with Crippen molar-refractivity contribution in [3.8, 4) is 0 Å². The van der Waals surface area contributed by atoms with E-state index in [9.17, 15) is 23.7 Å². The first-order chi connectivity index (χ1) is 21.2. The van der Waals surface area contributed by atoms with Gasteiger partial charge in [0.15, 0.2) is 0 Å². The monoisotopic (exact) mass is 670 g/mol. The van der Waals surface area contributed by atoms with E-state index in [0.29, 0.717) is 27.9 Å². The van der Waals surface area contributed by atoms with Gasteiger partial charge in [0, 0.05) is 55.9 Å². The number of amides is 2. The molecule has 2 amide bonds. The highest BCUT2D eigenvalue weighted by molar-refractivity contribution is 7.85. The molecule has 0 saturated carbocycles. The molecule has 0 radical (unpaired) electrons. The van der Waals surface area contributed by atoms with E-state index in [4.69, 9.17) is 23.2 Å². The molecule has 1 heterocycles. The van der Waals surface area contributed by atoms with Crippen LogP contribution < -0.4 is 5.32 Å². The van der Waals surface area contributed by atoms with E-state index < -0.39 is 28.2 Å². The first kappa shape index (κ1) is 34.7. The van der Waals surface area contributed by atoms with Gasteiger partial charge in [-0.25, -0.2) is 4.79 Å². The SMILES string of the molecule is CC(C)[C@@H](CS(=O)C(C)C)N1C(=O)[C@@](C)(CC(=O)Nc2ccc(C(=O)O)cc2)C[C@H](c2cccc(Cl)c2)[C@H]1c1ccc(Cl)cc1. The van der Waals surface area contributed by atoms with Crippen molar-refractivity contribution in [2.75, 3.05) is 11.1 Å². The number of carboxylic acids is 1. The van der Waals surface area contributed by atoms with Gasteiger partial charge in [-0.3, -0.25) is 13.8 Å². The van der Waals surface area contributed by atoms with Crippen molar-refractivity contribution in [1.82, 2.24) is 4.90 Å². The number of carbonyl (C=O) groups excluding carboxylic acids is 2. The Morgan fingerprint density at radius 1 is 0.978 bits per heavy atom. The Morgan fingerprint density at radius 2 is 1.62 bits per heavy atom. The van der Waals surface area contributed by atoms with Crippen LogP contribution in [-0.4, -0.2) is 49.0 Å². The molecule has 1 fully saturated rings. The molecule has 4 rings (SSSR count). The molecule has 3 aromatic carbocycles. The van der Waals surface area contributed by atoms with Gasteiger partial charge in [-0.1, -0.05) is 82.1 Å². The summed E-state index contributed by atoms with van der Waals surface area (Å²) in [5.41, 5.74) is 1.25. The highest BCUT2D eigenvalue weighted by Crippen LogP contribution is 2.52. The summed E-state index contributed by atoms with van der Waals surface area (Å²) in [6.07, 6.45) is 0.255. The molecule has 3 aromatic rings. The molecule has 0 bridgehead atoms. The lowest BCUT2D eigenvalue weighted by molar-refractivity contribution is -0.157. The summed E-state index contributed by atoms with van der Waals surface area (Å²) >= 11 is 12.8. The van der Waals surface area contributed by atoms with Crippen LogP contribution in [-0.2, 0) is 20.4 Å². The Labute approximate surface area is 277 Å². The summed E-state index contributed by atoms with van der Waals surface area (Å²) in [5.74, 6) is -1.59. The van der Waals surface area contributed by atoms with Crippen LogP contribution in [0.5, 0.6) is 0 Å². The van der Waals surface area contributed by atoms with Gasteiger partial charge in [0.25, 0.3) is 0 Å². The molecule has 1 aliphatic heterocycles. The molecule has 0 aromatic heterocycles. The highest BCUT2D eigenvalue weighted by Gasteiger charge is 2.53. The van der Waals surface area contributed by atoms with Crippen LogP contribution in [0, 0.1) is 11.3 Å². The quantitative estimate of drug-likeness (QED) is 0.215. The molecule has 10 heteroatoms. The summed E-state index contributed by atoms with van der Waals surface area (Å²) in [6, 6.07) is 20.1. The largest absolute Gasteiger partial charge is 0.478 e. The van der Waals surface area contributed by atoms with Crippen LogP contribution in [0.3, 0.4) is 0 Å². The van der Waals surface area contributed by atoms with Crippen molar-refractivity contribution in [1.29, 1.82) is 0 Å².